The van der Waals surface area contributed by atoms with Crippen molar-refractivity contribution in [2.45, 2.75) is 6.61 Å². The van der Waals surface area contributed by atoms with Crippen molar-refractivity contribution in [2.24, 2.45) is 0 Å². The van der Waals surface area contributed by atoms with Gasteiger partial charge in [-0.3, -0.25) is 0 Å². The first-order valence-electron chi connectivity index (χ1n) is 4.16. The first-order chi connectivity index (χ1) is 6.42. The van der Waals surface area contributed by atoms with Gasteiger partial charge in [0.2, 0.25) is 0 Å². The summed E-state index contributed by atoms with van der Waals surface area (Å²) in [5.74, 6) is 0. The number of allylic oxidation sites excluding steroid dienone is 1. The van der Waals surface area contributed by atoms with Gasteiger partial charge < -0.3 is 4.74 Å². The molecule has 1 aromatic carbocycles. The highest BCUT2D eigenvalue weighted by atomic mass is 16.5. The topological polar surface area (TPSA) is 33.0 Å². The predicted octanol–water partition coefficient (Wildman–Crippen LogP) is 2.12. The minimum Gasteiger partial charge on any atom is -0.372 e. The number of ether oxygens (including phenoxy) is 1. The summed E-state index contributed by atoms with van der Waals surface area (Å²) in [7, 11) is 0. The van der Waals surface area contributed by atoms with Crippen molar-refractivity contribution in [1.82, 2.24) is 0 Å². The Morgan fingerprint density at radius 1 is 1.31 bits per heavy atom. The summed E-state index contributed by atoms with van der Waals surface area (Å²) >= 11 is 0. The minimum atomic E-state index is 0.546. The van der Waals surface area contributed by atoms with Crippen molar-refractivity contribution in [3.05, 3.63) is 41.5 Å². The molecule has 1 heterocycles. The Hall–Kier alpha value is -1.59. The number of nitriles is 1. The molecule has 1 aliphatic rings. The highest BCUT2D eigenvalue weighted by Crippen LogP contribution is 2.24. The van der Waals surface area contributed by atoms with E-state index in [2.05, 4.69) is 0 Å². The van der Waals surface area contributed by atoms with Gasteiger partial charge in [0.25, 0.3) is 0 Å². The van der Waals surface area contributed by atoms with E-state index in [0.29, 0.717) is 13.2 Å². The fourth-order valence-corrected chi connectivity index (χ4v) is 1.51. The molecule has 0 saturated carbocycles. The van der Waals surface area contributed by atoms with Crippen LogP contribution >= 0.6 is 0 Å². The van der Waals surface area contributed by atoms with Crippen LogP contribution < -0.4 is 0 Å². The summed E-state index contributed by atoms with van der Waals surface area (Å²) in [6, 6.07) is 10.1. The molecular weight excluding hydrogens is 162 g/mol. The molecule has 64 valence electrons. The van der Waals surface area contributed by atoms with Crippen molar-refractivity contribution in [3.63, 3.8) is 0 Å². The van der Waals surface area contributed by atoms with Gasteiger partial charge in [0.15, 0.2) is 0 Å². The van der Waals surface area contributed by atoms with E-state index in [9.17, 15) is 0 Å². The third-order valence-corrected chi connectivity index (χ3v) is 2.12. The normalized spacial score (nSPS) is 17.9. The zero-order valence-electron chi connectivity index (χ0n) is 7.16. The number of benzene rings is 1. The molecule has 1 aromatic rings. The summed E-state index contributed by atoms with van der Waals surface area (Å²) in [5.41, 5.74) is 3.29. The molecule has 0 bridgehead atoms. The monoisotopic (exact) mass is 171 g/mol. The first kappa shape index (κ1) is 8.03. The zero-order valence-corrected chi connectivity index (χ0v) is 7.16. The van der Waals surface area contributed by atoms with Crippen molar-refractivity contribution < 1.29 is 4.74 Å². The largest absolute Gasteiger partial charge is 0.372 e. The molecule has 0 saturated heterocycles. The Labute approximate surface area is 77.1 Å². The van der Waals surface area contributed by atoms with Gasteiger partial charge in [-0.05, 0) is 16.7 Å². The second-order valence-electron chi connectivity index (χ2n) is 2.95. The van der Waals surface area contributed by atoms with E-state index in [4.69, 9.17) is 10.00 Å². The standard InChI is InChI=1S/C11H9NO/c12-6-5-10-8-13-7-9-3-1-2-4-11(9)10/h1-5H,7-8H2. The first-order valence-corrected chi connectivity index (χ1v) is 4.16. The predicted molar refractivity (Wildman–Crippen MR) is 49.7 cm³/mol. The maximum atomic E-state index is 8.56. The second kappa shape index (κ2) is 3.42. The lowest BCUT2D eigenvalue weighted by Crippen LogP contribution is -2.08. The average molecular weight is 171 g/mol. The fraction of sp³-hybridized carbons (Fsp3) is 0.182. The van der Waals surface area contributed by atoms with Crippen molar-refractivity contribution >= 4 is 5.57 Å². The van der Waals surface area contributed by atoms with Crippen LogP contribution in [-0.2, 0) is 11.3 Å². The van der Waals surface area contributed by atoms with Gasteiger partial charge in [0.05, 0.1) is 19.3 Å². The Kier molecular flexibility index (Phi) is 2.11. The van der Waals surface area contributed by atoms with Gasteiger partial charge >= 0.3 is 0 Å². The molecule has 0 aliphatic carbocycles. The quantitative estimate of drug-likeness (QED) is 0.560. The Balaban J connectivity index is 2.50. The van der Waals surface area contributed by atoms with Crippen LogP contribution in [-0.4, -0.2) is 6.61 Å². The molecule has 0 unspecified atom stereocenters. The Bertz CT molecular complexity index is 387. The third kappa shape index (κ3) is 1.47. The number of nitrogens with zero attached hydrogens (tertiary/aromatic N) is 1. The minimum absolute atomic E-state index is 0.546. The maximum absolute atomic E-state index is 8.56. The molecule has 2 nitrogen and oxygen atoms in total. The summed E-state index contributed by atoms with van der Waals surface area (Å²) in [6.07, 6.45) is 1.55. The smallest absolute Gasteiger partial charge is 0.0916 e. The molecule has 0 amide bonds. The number of hydrogen-bond acceptors (Lipinski definition) is 2. The Morgan fingerprint density at radius 3 is 3.00 bits per heavy atom. The van der Waals surface area contributed by atoms with E-state index in [1.807, 2.05) is 30.3 Å². The van der Waals surface area contributed by atoms with Gasteiger partial charge in [-0.2, -0.15) is 5.26 Å². The maximum Gasteiger partial charge on any atom is 0.0916 e. The van der Waals surface area contributed by atoms with E-state index in [1.54, 1.807) is 6.08 Å². The number of fused-ring (bicyclic) bond motifs is 1. The molecule has 2 heteroatoms. The summed E-state index contributed by atoms with van der Waals surface area (Å²) in [4.78, 5) is 0. The highest BCUT2D eigenvalue weighted by molar-refractivity contribution is 5.71. The molecule has 0 radical (unpaired) electrons. The molecule has 0 spiro atoms. The average Bonchev–Trinajstić information content (AvgIpc) is 2.19. The van der Waals surface area contributed by atoms with Crippen molar-refractivity contribution in [3.8, 4) is 6.07 Å². The van der Waals surface area contributed by atoms with Crippen LogP contribution in [0.1, 0.15) is 11.1 Å². The van der Waals surface area contributed by atoms with Crippen LogP contribution in [0.2, 0.25) is 0 Å². The highest BCUT2D eigenvalue weighted by Gasteiger charge is 2.12. The van der Waals surface area contributed by atoms with Crippen LogP contribution in [0.25, 0.3) is 5.57 Å². The zero-order chi connectivity index (χ0) is 9.10. The fourth-order valence-electron chi connectivity index (χ4n) is 1.51. The Morgan fingerprint density at radius 2 is 2.15 bits per heavy atom. The molecule has 1 aliphatic heterocycles. The van der Waals surface area contributed by atoms with Crippen LogP contribution in [0.5, 0.6) is 0 Å². The van der Waals surface area contributed by atoms with E-state index < -0.39 is 0 Å². The van der Waals surface area contributed by atoms with Crippen LogP contribution in [0.15, 0.2) is 30.3 Å². The van der Waals surface area contributed by atoms with E-state index in [1.165, 1.54) is 0 Å². The molecule has 0 atom stereocenters. The lowest BCUT2D eigenvalue weighted by atomic mass is 9.98. The molecule has 13 heavy (non-hydrogen) atoms. The van der Waals surface area contributed by atoms with E-state index in [0.717, 1.165) is 16.7 Å². The molecular formula is C11H9NO. The summed E-state index contributed by atoms with van der Waals surface area (Å²) in [6.45, 7) is 1.20. The second-order valence-corrected chi connectivity index (χ2v) is 2.95. The lowest BCUT2D eigenvalue weighted by molar-refractivity contribution is 0.146. The van der Waals surface area contributed by atoms with Gasteiger partial charge in [-0.15, -0.1) is 0 Å². The molecule has 0 fully saturated rings. The summed E-state index contributed by atoms with van der Waals surface area (Å²) in [5, 5.41) is 8.56. The van der Waals surface area contributed by atoms with Gasteiger partial charge in [0, 0.05) is 6.08 Å². The molecule has 0 N–H and O–H groups in total. The van der Waals surface area contributed by atoms with Gasteiger partial charge in [-0.1, -0.05) is 24.3 Å². The lowest BCUT2D eigenvalue weighted by Gasteiger charge is -2.18. The van der Waals surface area contributed by atoms with Crippen LogP contribution in [0.3, 0.4) is 0 Å². The third-order valence-electron chi connectivity index (χ3n) is 2.12. The van der Waals surface area contributed by atoms with Crippen LogP contribution in [0, 0.1) is 11.3 Å². The van der Waals surface area contributed by atoms with E-state index >= 15 is 0 Å². The van der Waals surface area contributed by atoms with Crippen LogP contribution in [0.4, 0.5) is 0 Å². The molecule has 0 aromatic heterocycles. The van der Waals surface area contributed by atoms with Crippen molar-refractivity contribution in [1.29, 1.82) is 5.26 Å². The van der Waals surface area contributed by atoms with Gasteiger partial charge in [0.1, 0.15) is 0 Å². The number of hydrogen-bond donors (Lipinski definition) is 0. The van der Waals surface area contributed by atoms with Crippen molar-refractivity contribution in [2.75, 3.05) is 6.61 Å². The SMILES string of the molecule is N#CC=C1COCc2ccccc21. The van der Waals surface area contributed by atoms with E-state index in [-0.39, 0.29) is 0 Å². The van der Waals surface area contributed by atoms with Gasteiger partial charge in [-0.25, -0.2) is 0 Å². The summed E-state index contributed by atoms with van der Waals surface area (Å²) < 4.78 is 5.34. The molecule has 2 rings (SSSR count). The number of rotatable bonds is 0.